The Hall–Kier alpha value is -2.69. The quantitative estimate of drug-likeness (QED) is 0.459. The Morgan fingerprint density at radius 2 is 2.00 bits per heavy atom. The van der Waals surface area contributed by atoms with E-state index in [0.717, 1.165) is 40.6 Å². The minimum atomic E-state index is -0.157. The lowest BCUT2D eigenvalue weighted by Gasteiger charge is -2.20. The van der Waals surface area contributed by atoms with Crippen molar-refractivity contribution in [3.8, 4) is 5.88 Å². The second-order valence-electron chi connectivity index (χ2n) is 9.02. The summed E-state index contributed by atoms with van der Waals surface area (Å²) < 4.78 is 6.00. The summed E-state index contributed by atoms with van der Waals surface area (Å²) in [5.41, 5.74) is 3.97. The van der Waals surface area contributed by atoms with Gasteiger partial charge in [-0.15, -0.1) is 0 Å². The zero-order valence-electron chi connectivity index (χ0n) is 18.8. The van der Waals surface area contributed by atoms with Gasteiger partial charge in [0, 0.05) is 34.4 Å². The highest BCUT2D eigenvalue weighted by atomic mass is 16.5. The molecule has 1 unspecified atom stereocenters. The van der Waals surface area contributed by atoms with E-state index < -0.39 is 0 Å². The zero-order valence-corrected chi connectivity index (χ0v) is 18.8. The third-order valence-corrected chi connectivity index (χ3v) is 5.53. The topological polar surface area (TPSA) is 67.9 Å². The summed E-state index contributed by atoms with van der Waals surface area (Å²) in [4.78, 5) is 17.7. The lowest BCUT2D eigenvalue weighted by molar-refractivity contribution is -0.120. The van der Waals surface area contributed by atoms with Crippen molar-refractivity contribution in [2.45, 2.75) is 71.6 Å². The molecule has 0 aliphatic carbocycles. The van der Waals surface area contributed by atoms with Gasteiger partial charge in [-0.2, -0.15) is 5.10 Å². The number of carbonyl (C=O) groups excluding carboxylic acids is 1. The summed E-state index contributed by atoms with van der Waals surface area (Å²) >= 11 is 0. The highest BCUT2D eigenvalue weighted by Gasteiger charge is 2.20. The van der Waals surface area contributed by atoms with Crippen LogP contribution in [-0.2, 0) is 16.6 Å². The molecule has 0 aliphatic heterocycles. The van der Waals surface area contributed by atoms with Gasteiger partial charge in [-0.05, 0) is 36.6 Å². The minimum absolute atomic E-state index is 0.0442. The molecule has 3 aromatic rings. The number of rotatable bonds is 9. The first-order valence-electron chi connectivity index (χ1n) is 10.9. The molecule has 30 heavy (non-hydrogen) atoms. The molecule has 0 saturated carbocycles. The van der Waals surface area contributed by atoms with Gasteiger partial charge in [-0.3, -0.25) is 9.89 Å². The van der Waals surface area contributed by atoms with Crippen LogP contribution >= 0.6 is 0 Å². The molecular weight excluding hydrogens is 374 g/mol. The summed E-state index contributed by atoms with van der Waals surface area (Å²) in [6.45, 7) is 11.2. The molecule has 3 rings (SSSR count). The van der Waals surface area contributed by atoms with Crippen LogP contribution < -0.4 is 4.74 Å². The maximum atomic E-state index is 12.9. The van der Waals surface area contributed by atoms with Gasteiger partial charge in [0.2, 0.25) is 5.88 Å². The smallest absolute Gasteiger partial charge is 0.216 e. The van der Waals surface area contributed by atoms with E-state index in [1.807, 2.05) is 25.1 Å². The largest absolute Gasteiger partial charge is 0.477 e. The monoisotopic (exact) mass is 407 g/mol. The Balaban J connectivity index is 1.71. The predicted molar refractivity (Wildman–Crippen MR) is 121 cm³/mol. The molecule has 5 nitrogen and oxygen atoms in total. The lowest BCUT2D eigenvalue weighted by Crippen LogP contribution is -2.16. The molecule has 2 heterocycles. The molecule has 1 atom stereocenters. The van der Waals surface area contributed by atoms with Crippen molar-refractivity contribution in [1.29, 1.82) is 0 Å². The number of hydrogen-bond acceptors (Lipinski definition) is 4. The number of pyridine rings is 1. The molecule has 0 amide bonds. The maximum absolute atomic E-state index is 12.9. The van der Waals surface area contributed by atoms with Gasteiger partial charge in [-0.25, -0.2) is 4.98 Å². The number of benzene rings is 1. The van der Waals surface area contributed by atoms with Crippen LogP contribution in [0, 0.1) is 0 Å². The lowest BCUT2D eigenvalue weighted by atomic mass is 9.90. The van der Waals surface area contributed by atoms with Crippen LogP contribution in [0.2, 0.25) is 0 Å². The molecule has 2 aromatic heterocycles. The third kappa shape index (κ3) is 5.26. The fraction of sp³-hybridized carbons (Fsp3) is 0.480. The van der Waals surface area contributed by atoms with Gasteiger partial charge in [-0.1, -0.05) is 53.2 Å². The molecule has 0 saturated heterocycles. The van der Waals surface area contributed by atoms with E-state index in [9.17, 15) is 4.79 Å². The number of aromatic nitrogens is 3. The molecule has 1 N–H and O–H groups in total. The first-order chi connectivity index (χ1) is 14.3. The van der Waals surface area contributed by atoms with Crippen LogP contribution in [0.15, 0.2) is 36.5 Å². The van der Waals surface area contributed by atoms with Crippen molar-refractivity contribution >= 4 is 16.7 Å². The fourth-order valence-electron chi connectivity index (χ4n) is 3.41. The van der Waals surface area contributed by atoms with Gasteiger partial charge in [0.1, 0.15) is 5.78 Å². The van der Waals surface area contributed by atoms with Crippen molar-refractivity contribution in [3.63, 3.8) is 0 Å². The summed E-state index contributed by atoms with van der Waals surface area (Å²) in [6, 6.07) is 10.2. The number of aryl methyl sites for hydroxylation is 1. The number of hydrogen-bond donors (Lipinski definition) is 1. The summed E-state index contributed by atoms with van der Waals surface area (Å²) in [5.74, 6) is 0.740. The molecule has 0 fully saturated rings. The van der Waals surface area contributed by atoms with Gasteiger partial charge in [0.15, 0.2) is 0 Å². The van der Waals surface area contributed by atoms with E-state index in [1.54, 1.807) is 6.20 Å². The van der Waals surface area contributed by atoms with E-state index >= 15 is 0 Å². The van der Waals surface area contributed by atoms with Crippen LogP contribution in [0.3, 0.4) is 0 Å². The third-order valence-electron chi connectivity index (χ3n) is 5.53. The Bertz CT molecular complexity index is 1000. The van der Waals surface area contributed by atoms with Crippen molar-refractivity contribution in [1.82, 2.24) is 15.2 Å². The van der Waals surface area contributed by atoms with E-state index in [-0.39, 0.29) is 17.1 Å². The number of ether oxygens (including phenoxy) is 1. The number of nitrogens with zero attached hydrogens (tertiary/aromatic N) is 2. The first-order valence-corrected chi connectivity index (χ1v) is 10.9. The van der Waals surface area contributed by atoms with Gasteiger partial charge < -0.3 is 4.74 Å². The Labute approximate surface area is 179 Å². The second kappa shape index (κ2) is 9.41. The van der Waals surface area contributed by atoms with Crippen LogP contribution in [0.25, 0.3) is 10.9 Å². The Morgan fingerprint density at radius 1 is 1.20 bits per heavy atom. The summed E-state index contributed by atoms with van der Waals surface area (Å²) in [5, 5.41) is 8.03. The number of aromatic amines is 1. The van der Waals surface area contributed by atoms with E-state index in [0.29, 0.717) is 25.3 Å². The van der Waals surface area contributed by atoms with Crippen molar-refractivity contribution in [2.75, 3.05) is 6.61 Å². The number of unbranched alkanes of at least 4 members (excludes halogenated alkanes) is 1. The Kier molecular flexibility index (Phi) is 6.91. The molecule has 0 bridgehead atoms. The maximum Gasteiger partial charge on any atom is 0.216 e. The number of H-pyrrole nitrogens is 1. The number of ketones is 1. The van der Waals surface area contributed by atoms with Crippen molar-refractivity contribution in [2.24, 2.45) is 0 Å². The molecule has 0 aliphatic rings. The SMILES string of the molecule is CCCCOc1nc(C(C)(C)C)ccc1CCC(=O)C(C)c1ccc2[nH]ncc2c1. The van der Waals surface area contributed by atoms with Gasteiger partial charge >= 0.3 is 0 Å². The molecular formula is C25H33N3O2. The second-order valence-corrected chi connectivity index (χ2v) is 9.02. The van der Waals surface area contributed by atoms with Crippen LogP contribution in [0.5, 0.6) is 5.88 Å². The average molecular weight is 408 g/mol. The molecule has 5 heteroatoms. The number of Topliss-reactive ketones (excluding diaryl/α,β-unsaturated/α-hetero) is 1. The minimum Gasteiger partial charge on any atom is -0.477 e. The fourth-order valence-corrected chi connectivity index (χ4v) is 3.41. The number of carbonyl (C=O) groups is 1. The van der Waals surface area contributed by atoms with E-state index in [4.69, 9.17) is 9.72 Å². The van der Waals surface area contributed by atoms with E-state index in [1.165, 1.54) is 0 Å². The van der Waals surface area contributed by atoms with E-state index in [2.05, 4.69) is 50.0 Å². The molecule has 0 spiro atoms. The summed E-state index contributed by atoms with van der Waals surface area (Å²) in [6.07, 6.45) is 4.96. The molecule has 160 valence electrons. The van der Waals surface area contributed by atoms with Crippen LogP contribution in [0.4, 0.5) is 0 Å². The zero-order chi connectivity index (χ0) is 21.7. The first kappa shape index (κ1) is 22.0. The highest BCUT2D eigenvalue weighted by Crippen LogP contribution is 2.27. The predicted octanol–water partition coefficient (Wildman–Crippen LogP) is 5.74. The van der Waals surface area contributed by atoms with Gasteiger partial charge in [0.25, 0.3) is 0 Å². The summed E-state index contributed by atoms with van der Waals surface area (Å²) in [7, 11) is 0. The molecule has 1 aromatic carbocycles. The highest BCUT2D eigenvalue weighted by molar-refractivity contribution is 5.87. The average Bonchev–Trinajstić information content (AvgIpc) is 3.19. The Morgan fingerprint density at radius 3 is 2.73 bits per heavy atom. The van der Waals surface area contributed by atoms with Gasteiger partial charge in [0.05, 0.1) is 18.3 Å². The number of nitrogens with one attached hydrogen (secondary N) is 1. The standard InChI is InChI=1S/C25H33N3O2/c1-6-7-14-30-24-18(10-13-23(27-24)25(3,4)5)9-12-22(29)17(2)19-8-11-21-20(15-19)16-26-28-21/h8,10-11,13,15-17H,6-7,9,12,14H2,1-5H3,(H,26,28). The number of fused-ring (bicyclic) bond motifs is 1. The van der Waals surface area contributed by atoms with Crippen molar-refractivity contribution < 1.29 is 9.53 Å². The van der Waals surface area contributed by atoms with Crippen molar-refractivity contribution in [3.05, 3.63) is 53.3 Å². The normalized spacial score (nSPS) is 12.8. The van der Waals surface area contributed by atoms with Crippen LogP contribution in [-0.4, -0.2) is 27.6 Å². The molecule has 0 radical (unpaired) electrons. The van der Waals surface area contributed by atoms with Crippen LogP contribution in [0.1, 0.15) is 76.6 Å².